The number of amides is 1. The van der Waals surface area contributed by atoms with Crippen LogP contribution in [0, 0.1) is 5.41 Å². The van der Waals surface area contributed by atoms with E-state index in [1.807, 2.05) is 0 Å². The number of hydrogen-bond donors (Lipinski definition) is 4. The molecule has 4 rings (SSSR count). The van der Waals surface area contributed by atoms with E-state index in [4.69, 9.17) is 25.9 Å². The van der Waals surface area contributed by atoms with Crippen LogP contribution in [0.4, 0.5) is 0 Å². The number of carbonyl (C=O) groups excluding carboxylic acids is 2. The fraction of sp³-hybridized carbons (Fsp3) is 0.185. The van der Waals surface area contributed by atoms with Gasteiger partial charge in [-0.1, -0.05) is 65.8 Å². The molecule has 1 atom stereocenters. The quantitative estimate of drug-likeness (QED) is 0.178. The van der Waals surface area contributed by atoms with Gasteiger partial charge in [-0.3, -0.25) is 15.0 Å². The van der Waals surface area contributed by atoms with Gasteiger partial charge in [-0.25, -0.2) is 13.6 Å². The summed E-state index contributed by atoms with van der Waals surface area (Å²) in [6.45, 7) is 0.109. The molecule has 3 aromatic rings. The average molecular weight is 550 g/mol. The molecule has 0 aromatic heterocycles. The number of primary sulfonamides is 1. The Bertz CT molecular complexity index is 1570. The summed E-state index contributed by atoms with van der Waals surface area (Å²) in [7, 11) is -2.69. The van der Waals surface area contributed by atoms with Crippen molar-refractivity contribution < 1.29 is 27.6 Å². The molecule has 1 amide bonds. The second-order valence-electron chi connectivity index (χ2n) is 8.97. The van der Waals surface area contributed by atoms with Gasteiger partial charge in [0.25, 0.3) is 5.91 Å². The predicted octanol–water partition coefficient (Wildman–Crippen LogP) is 2.03. The maximum atomic E-state index is 13.3. The van der Waals surface area contributed by atoms with Gasteiger partial charge in [-0.05, 0) is 23.3 Å². The molecular formula is C27H27N5O6S. The smallest absolute Gasteiger partial charge is 0.310 e. The Labute approximate surface area is 225 Å². The first-order valence-electron chi connectivity index (χ1n) is 11.8. The molecule has 202 valence electrons. The summed E-state index contributed by atoms with van der Waals surface area (Å²) < 4.78 is 28.7. The molecular weight excluding hydrogens is 522 g/mol. The molecule has 0 aliphatic carbocycles. The summed E-state index contributed by atoms with van der Waals surface area (Å²) in [5.74, 6) is -1.32. The Morgan fingerprint density at radius 2 is 1.79 bits per heavy atom. The van der Waals surface area contributed by atoms with E-state index in [0.717, 1.165) is 5.56 Å². The lowest BCUT2D eigenvalue weighted by Crippen LogP contribution is -2.48. The van der Waals surface area contributed by atoms with E-state index in [0.29, 0.717) is 28.0 Å². The first kappa shape index (κ1) is 27.5. The molecule has 11 nitrogen and oxygen atoms in total. The van der Waals surface area contributed by atoms with E-state index >= 15 is 0 Å². The highest BCUT2D eigenvalue weighted by atomic mass is 32.2. The number of oxime groups is 1. The number of nitrogens with zero attached hydrogens (tertiary/aromatic N) is 1. The van der Waals surface area contributed by atoms with Crippen LogP contribution < -0.4 is 16.2 Å². The van der Waals surface area contributed by atoms with Crippen molar-refractivity contribution in [3.8, 4) is 11.1 Å². The lowest BCUT2D eigenvalue weighted by atomic mass is 9.89. The van der Waals surface area contributed by atoms with Crippen LogP contribution >= 0.6 is 0 Å². The molecule has 12 heteroatoms. The molecule has 0 fully saturated rings. The minimum absolute atomic E-state index is 0.00141. The average Bonchev–Trinajstić information content (AvgIpc) is 3.36. The van der Waals surface area contributed by atoms with Crippen LogP contribution in [0.5, 0.6) is 0 Å². The first-order chi connectivity index (χ1) is 18.5. The van der Waals surface area contributed by atoms with Gasteiger partial charge in [-0.15, -0.1) is 0 Å². The molecule has 1 unspecified atom stereocenters. The van der Waals surface area contributed by atoms with Gasteiger partial charge in [-0.2, -0.15) is 0 Å². The normalized spacial score (nSPS) is 16.6. The number of hydrogen-bond acceptors (Lipinski definition) is 8. The zero-order valence-corrected chi connectivity index (χ0v) is 21.8. The number of rotatable bonds is 9. The molecule has 1 aliphatic heterocycles. The van der Waals surface area contributed by atoms with Gasteiger partial charge in [0.15, 0.2) is 0 Å². The lowest BCUT2D eigenvalue weighted by molar-refractivity contribution is -0.158. The summed E-state index contributed by atoms with van der Waals surface area (Å²) in [5.41, 5.74) is 7.31. The number of esters is 1. The van der Waals surface area contributed by atoms with E-state index in [1.165, 1.54) is 13.2 Å². The van der Waals surface area contributed by atoms with Crippen molar-refractivity contribution >= 4 is 33.4 Å². The van der Waals surface area contributed by atoms with Gasteiger partial charge in [0.05, 0.1) is 24.1 Å². The number of benzene rings is 3. The lowest BCUT2D eigenvalue weighted by Gasteiger charge is -2.24. The highest BCUT2D eigenvalue weighted by Gasteiger charge is 2.49. The third-order valence-corrected chi connectivity index (χ3v) is 7.24. The molecule has 0 spiro atoms. The zero-order valence-electron chi connectivity index (χ0n) is 21.0. The van der Waals surface area contributed by atoms with Crippen molar-refractivity contribution in [2.75, 3.05) is 7.11 Å². The van der Waals surface area contributed by atoms with Gasteiger partial charge >= 0.3 is 5.97 Å². The van der Waals surface area contributed by atoms with Crippen molar-refractivity contribution in [3.05, 3.63) is 89.5 Å². The van der Waals surface area contributed by atoms with E-state index in [2.05, 4.69) is 10.5 Å². The molecule has 0 saturated carbocycles. The Kier molecular flexibility index (Phi) is 7.79. The Hall–Kier alpha value is -4.55. The number of nitrogens with two attached hydrogens (primary N) is 2. The number of nitrogen functional groups attached to an aromatic ring is 1. The third-order valence-electron chi connectivity index (χ3n) is 6.27. The van der Waals surface area contributed by atoms with Crippen molar-refractivity contribution in [3.63, 3.8) is 0 Å². The van der Waals surface area contributed by atoms with Crippen LogP contribution in [0.3, 0.4) is 0 Å². The van der Waals surface area contributed by atoms with Gasteiger partial charge in [0, 0.05) is 29.7 Å². The minimum atomic E-state index is -3.91. The van der Waals surface area contributed by atoms with E-state index in [9.17, 15) is 18.0 Å². The van der Waals surface area contributed by atoms with E-state index in [-0.39, 0.29) is 30.1 Å². The first-order valence-corrected chi connectivity index (χ1v) is 13.3. The maximum absolute atomic E-state index is 13.3. The van der Waals surface area contributed by atoms with Gasteiger partial charge in [0.1, 0.15) is 5.84 Å². The van der Waals surface area contributed by atoms with Crippen molar-refractivity contribution in [1.82, 2.24) is 5.32 Å². The number of nitrogens with one attached hydrogen (secondary N) is 2. The molecule has 39 heavy (non-hydrogen) atoms. The summed E-state index contributed by atoms with van der Waals surface area (Å²) in [6, 6.07) is 20.1. The van der Waals surface area contributed by atoms with Crippen LogP contribution in [0.25, 0.3) is 11.1 Å². The predicted molar refractivity (Wildman–Crippen MR) is 144 cm³/mol. The number of carbonyl (C=O) groups is 2. The maximum Gasteiger partial charge on any atom is 0.310 e. The topological polar surface area (TPSA) is 187 Å². The second kappa shape index (κ2) is 11.1. The molecule has 1 heterocycles. The standard InChI is InChI=1S/C27H27N5O6S/c1-37-24(33)15-27(14-22(32-38-27)19-5-4-6-20(13-19)25(28)29)26(34)31-16-17-9-11-18(12-10-17)21-7-2-3-8-23(21)39(30,35)36/h2-13H,14-16H2,1H3,(H3,28,29)(H,31,34)(H2,30,35,36). The van der Waals surface area contributed by atoms with Crippen LogP contribution in [0.15, 0.2) is 82.8 Å². The number of amidine groups is 1. The van der Waals surface area contributed by atoms with Crippen LogP contribution in [-0.4, -0.2) is 44.6 Å². The van der Waals surface area contributed by atoms with Crippen LogP contribution in [-0.2, 0) is 35.7 Å². The number of methoxy groups -OCH3 is 1. The van der Waals surface area contributed by atoms with E-state index < -0.39 is 27.5 Å². The van der Waals surface area contributed by atoms with Crippen LogP contribution in [0.1, 0.15) is 29.5 Å². The van der Waals surface area contributed by atoms with Crippen molar-refractivity contribution in [2.24, 2.45) is 16.0 Å². The number of ether oxygens (including phenoxy) is 1. The summed E-state index contributed by atoms with van der Waals surface area (Å²) in [5, 5.41) is 19.9. The number of sulfonamides is 1. The minimum Gasteiger partial charge on any atom is -0.469 e. The molecule has 0 saturated heterocycles. The Morgan fingerprint density at radius 3 is 2.46 bits per heavy atom. The SMILES string of the molecule is COC(=O)CC1(C(=O)NCc2ccc(-c3ccccc3S(N)(=O)=O)cc2)CC(c2cccc(C(=N)N)c2)=NO1. The fourth-order valence-electron chi connectivity index (χ4n) is 4.20. The molecule has 1 aliphatic rings. The van der Waals surface area contributed by atoms with Crippen LogP contribution in [0.2, 0.25) is 0 Å². The Balaban J connectivity index is 1.50. The monoisotopic (exact) mass is 549 g/mol. The highest BCUT2D eigenvalue weighted by molar-refractivity contribution is 7.89. The second-order valence-corrected chi connectivity index (χ2v) is 10.5. The zero-order chi connectivity index (χ0) is 28.2. The van der Waals surface area contributed by atoms with Crippen molar-refractivity contribution in [2.45, 2.75) is 29.9 Å². The molecule has 6 N–H and O–H groups in total. The summed E-state index contributed by atoms with van der Waals surface area (Å²) in [4.78, 5) is 31.1. The highest BCUT2D eigenvalue weighted by Crippen LogP contribution is 2.32. The van der Waals surface area contributed by atoms with Gasteiger partial charge in [0.2, 0.25) is 15.6 Å². The van der Waals surface area contributed by atoms with Gasteiger partial charge < -0.3 is 20.6 Å². The molecule has 0 radical (unpaired) electrons. The molecule has 3 aromatic carbocycles. The molecule has 0 bridgehead atoms. The van der Waals surface area contributed by atoms with Crippen molar-refractivity contribution in [1.29, 1.82) is 5.41 Å². The largest absolute Gasteiger partial charge is 0.469 e. The third kappa shape index (κ3) is 6.13. The summed E-state index contributed by atoms with van der Waals surface area (Å²) >= 11 is 0. The van der Waals surface area contributed by atoms with E-state index in [1.54, 1.807) is 66.7 Å². The Morgan fingerprint density at radius 1 is 1.08 bits per heavy atom. The summed E-state index contributed by atoms with van der Waals surface area (Å²) in [6.07, 6.45) is -0.364. The fourth-order valence-corrected chi connectivity index (χ4v) is 4.96.